The van der Waals surface area contributed by atoms with Gasteiger partial charge in [0, 0.05) is 18.4 Å². The van der Waals surface area contributed by atoms with Gasteiger partial charge in [-0.15, -0.1) is 0 Å². The Morgan fingerprint density at radius 1 is 0.978 bits per heavy atom. The monoisotopic (exact) mass is 673 g/mol. The lowest BCUT2D eigenvalue weighted by atomic mass is 10.1. The number of esters is 2. The van der Waals surface area contributed by atoms with Gasteiger partial charge in [-0.1, -0.05) is 93.3 Å². The fourth-order valence-electron chi connectivity index (χ4n) is 4.42. The van der Waals surface area contributed by atoms with E-state index in [1.807, 2.05) is 69.3 Å². The van der Waals surface area contributed by atoms with Crippen molar-refractivity contribution >= 4 is 38.9 Å². The molecule has 45 heavy (non-hydrogen) atoms. The Hall–Kier alpha value is -2.90. The number of thioether (sulfide) groups is 1. The molecular formula is C32H42F3NO7S2. The Labute approximate surface area is 268 Å². The third-order valence-electron chi connectivity index (χ3n) is 6.57. The van der Waals surface area contributed by atoms with Crippen LogP contribution in [0.4, 0.5) is 13.2 Å². The van der Waals surface area contributed by atoms with Crippen LogP contribution in [0.15, 0.2) is 60.7 Å². The topological polar surface area (TPSA) is 113 Å². The summed E-state index contributed by atoms with van der Waals surface area (Å²) in [4.78, 5) is 26.4. The number of carbonyl (C=O) groups excluding carboxylic acids is 2. The molecule has 250 valence electrons. The predicted octanol–water partition coefficient (Wildman–Crippen LogP) is 6.97. The van der Waals surface area contributed by atoms with E-state index in [0.717, 1.165) is 54.7 Å². The maximum atomic E-state index is 13.3. The molecule has 2 atom stereocenters. The largest absolute Gasteiger partial charge is 0.741 e. The van der Waals surface area contributed by atoms with Crippen LogP contribution in [-0.4, -0.2) is 56.9 Å². The van der Waals surface area contributed by atoms with Crippen LogP contribution in [0.5, 0.6) is 0 Å². The van der Waals surface area contributed by atoms with E-state index in [-0.39, 0.29) is 29.8 Å². The van der Waals surface area contributed by atoms with Gasteiger partial charge in [0.1, 0.15) is 17.5 Å². The second-order valence-electron chi connectivity index (χ2n) is 11.5. The van der Waals surface area contributed by atoms with Crippen molar-refractivity contribution in [2.75, 3.05) is 0 Å². The average Bonchev–Trinajstić information content (AvgIpc) is 3.34. The molecule has 0 spiro atoms. The summed E-state index contributed by atoms with van der Waals surface area (Å²) in [5.41, 5.74) is -4.08. The van der Waals surface area contributed by atoms with Gasteiger partial charge in [0.2, 0.25) is 5.04 Å². The molecule has 0 amide bonds. The third-order valence-corrected chi connectivity index (χ3v) is 8.56. The normalized spacial score (nSPS) is 16.0. The van der Waals surface area contributed by atoms with Gasteiger partial charge in [0.25, 0.3) is 6.04 Å². The third kappa shape index (κ3) is 14.0. The standard InChI is InChI=1S/C31H42NO4S.CHF3O3S/c1-5-6-7-14-19-27(30(34)35-23-25-17-12-9-13-18-25)37-28-21-20-26(29(33)36-31(2,3)4)32(28)22-24-15-10-8-11-16-24;2-1(3,4)8(5,6)7/h8-13,15-18,26-27H,5-7,14,19-23H2,1-4H3;(H,5,6,7)/q+1;/p-1. The van der Waals surface area contributed by atoms with E-state index in [2.05, 4.69) is 23.6 Å². The molecule has 2 aromatic carbocycles. The van der Waals surface area contributed by atoms with Gasteiger partial charge in [-0.2, -0.15) is 13.2 Å². The number of hydrogen-bond donors (Lipinski definition) is 0. The van der Waals surface area contributed by atoms with Crippen LogP contribution in [0.3, 0.4) is 0 Å². The number of nitrogens with zero attached hydrogens (tertiary/aromatic N) is 1. The Morgan fingerprint density at radius 3 is 2.04 bits per heavy atom. The van der Waals surface area contributed by atoms with E-state index in [0.29, 0.717) is 13.0 Å². The van der Waals surface area contributed by atoms with Crippen molar-refractivity contribution in [2.24, 2.45) is 0 Å². The lowest BCUT2D eigenvalue weighted by molar-refractivity contribution is -0.560. The van der Waals surface area contributed by atoms with Gasteiger partial charge in [-0.05, 0) is 44.5 Å². The lowest BCUT2D eigenvalue weighted by Gasteiger charge is -2.21. The molecule has 0 aliphatic carbocycles. The van der Waals surface area contributed by atoms with Gasteiger partial charge in [0.15, 0.2) is 16.7 Å². The SMILES string of the molecule is CCCCCCC(SC1=[N+](Cc2ccccc2)C(C(=O)OC(C)(C)C)CC1)C(=O)OCc1ccccc1.O=S(=O)([O-])C(F)(F)F. The van der Waals surface area contributed by atoms with Crippen molar-refractivity contribution in [3.63, 3.8) is 0 Å². The first-order valence-electron chi connectivity index (χ1n) is 14.8. The number of halogens is 3. The van der Waals surface area contributed by atoms with Crippen LogP contribution in [0.1, 0.15) is 83.8 Å². The van der Waals surface area contributed by atoms with Gasteiger partial charge in [0.05, 0.1) is 0 Å². The molecule has 0 fully saturated rings. The molecule has 0 bridgehead atoms. The van der Waals surface area contributed by atoms with Crippen LogP contribution in [-0.2, 0) is 42.3 Å². The van der Waals surface area contributed by atoms with E-state index in [4.69, 9.17) is 22.4 Å². The van der Waals surface area contributed by atoms with Crippen LogP contribution in [0.2, 0.25) is 0 Å². The number of ether oxygens (including phenoxy) is 2. The Bertz CT molecular complexity index is 1360. The molecule has 2 aromatic rings. The summed E-state index contributed by atoms with van der Waals surface area (Å²) >= 11 is 1.58. The fourth-order valence-corrected chi connectivity index (χ4v) is 5.76. The highest BCUT2D eigenvalue weighted by molar-refractivity contribution is 8.14. The van der Waals surface area contributed by atoms with Crippen molar-refractivity contribution in [3.05, 3.63) is 71.8 Å². The Balaban J connectivity index is 0.000000777. The highest BCUT2D eigenvalue weighted by Crippen LogP contribution is 2.30. The fraction of sp³-hybridized carbons (Fsp3) is 0.531. The minimum atomic E-state index is -6.09. The first kappa shape index (κ1) is 38.3. The van der Waals surface area contributed by atoms with Gasteiger partial charge in [-0.25, -0.2) is 17.8 Å². The smallest absolute Gasteiger partial charge is 0.485 e. The Kier molecular flexibility index (Phi) is 15.1. The number of unbranched alkanes of at least 4 members (excludes halogenated alkanes) is 3. The number of alkyl halides is 3. The molecule has 0 radical (unpaired) electrons. The minimum absolute atomic E-state index is 0.182. The molecule has 0 saturated carbocycles. The zero-order chi connectivity index (χ0) is 33.7. The molecule has 0 N–H and O–H groups in total. The summed E-state index contributed by atoms with van der Waals surface area (Å²) in [5, 5.41) is 0.767. The molecule has 8 nitrogen and oxygen atoms in total. The van der Waals surface area contributed by atoms with Crippen LogP contribution >= 0.6 is 11.8 Å². The summed E-state index contributed by atoms with van der Waals surface area (Å²) in [6, 6.07) is 19.6. The zero-order valence-corrected chi connectivity index (χ0v) is 27.7. The summed E-state index contributed by atoms with van der Waals surface area (Å²) in [7, 11) is -6.09. The first-order valence-corrected chi connectivity index (χ1v) is 17.1. The second-order valence-corrected chi connectivity index (χ2v) is 14.2. The van der Waals surface area contributed by atoms with Crippen molar-refractivity contribution < 1.29 is 49.8 Å². The van der Waals surface area contributed by atoms with E-state index in [1.165, 1.54) is 0 Å². The van der Waals surface area contributed by atoms with Gasteiger partial charge >= 0.3 is 17.4 Å². The summed E-state index contributed by atoms with van der Waals surface area (Å²) in [5.74, 6) is -0.386. The molecule has 2 unspecified atom stereocenters. The van der Waals surface area contributed by atoms with E-state index >= 15 is 0 Å². The van der Waals surface area contributed by atoms with E-state index in [9.17, 15) is 22.8 Å². The molecule has 0 aromatic heterocycles. The van der Waals surface area contributed by atoms with E-state index < -0.39 is 21.2 Å². The lowest BCUT2D eigenvalue weighted by Crippen LogP contribution is -2.37. The summed E-state index contributed by atoms with van der Waals surface area (Å²) in [6.07, 6.45) is 6.59. The number of carbonyl (C=O) groups is 2. The van der Waals surface area contributed by atoms with Crippen molar-refractivity contribution in [1.29, 1.82) is 0 Å². The average molecular weight is 674 g/mol. The molecule has 0 saturated heterocycles. The zero-order valence-electron chi connectivity index (χ0n) is 26.0. The van der Waals surface area contributed by atoms with Crippen molar-refractivity contribution in [1.82, 2.24) is 0 Å². The van der Waals surface area contributed by atoms with Gasteiger partial charge in [-0.3, -0.25) is 4.79 Å². The summed E-state index contributed by atoms with van der Waals surface area (Å²) < 4.78 is 72.6. The summed E-state index contributed by atoms with van der Waals surface area (Å²) in [6.45, 7) is 8.76. The van der Waals surface area contributed by atoms with Crippen LogP contribution in [0, 0.1) is 0 Å². The number of hydrogen-bond acceptors (Lipinski definition) is 8. The van der Waals surface area contributed by atoms with E-state index in [1.54, 1.807) is 11.8 Å². The highest BCUT2D eigenvalue weighted by atomic mass is 32.2. The molecule has 1 aliphatic heterocycles. The molecule has 1 aliphatic rings. The number of benzene rings is 2. The maximum Gasteiger partial charge on any atom is 0.485 e. The maximum absolute atomic E-state index is 13.3. The number of rotatable bonds is 12. The second kappa shape index (κ2) is 17.7. The van der Waals surface area contributed by atoms with Crippen LogP contribution in [0.25, 0.3) is 0 Å². The van der Waals surface area contributed by atoms with Crippen LogP contribution < -0.4 is 0 Å². The minimum Gasteiger partial charge on any atom is -0.741 e. The molecular weight excluding hydrogens is 631 g/mol. The van der Waals surface area contributed by atoms with Crippen molar-refractivity contribution in [3.8, 4) is 0 Å². The first-order chi connectivity index (χ1) is 21.0. The Morgan fingerprint density at radius 2 is 1.53 bits per heavy atom. The van der Waals surface area contributed by atoms with Crippen molar-refractivity contribution in [2.45, 2.75) is 108 Å². The molecule has 3 rings (SSSR count). The van der Waals surface area contributed by atoms with Gasteiger partial charge < -0.3 is 14.0 Å². The highest BCUT2D eigenvalue weighted by Gasteiger charge is 2.43. The molecule has 13 heteroatoms. The predicted molar refractivity (Wildman–Crippen MR) is 166 cm³/mol. The quantitative estimate of drug-likeness (QED) is 0.0781. The molecule has 1 heterocycles.